The lowest BCUT2D eigenvalue weighted by Gasteiger charge is -2.32. The van der Waals surface area contributed by atoms with Crippen LogP contribution >= 0.6 is 12.2 Å². The van der Waals surface area contributed by atoms with Crippen LogP contribution in [0.15, 0.2) is 0 Å². The first kappa shape index (κ1) is 14.2. The summed E-state index contributed by atoms with van der Waals surface area (Å²) in [6.07, 6.45) is 8.93. The Hall–Kier alpha value is -0.190. The molecule has 2 N–H and O–H groups in total. The van der Waals surface area contributed by atoms with Gasteiger partial charge in [-0.3, -0.25) is 4.90 Å². The molecule has 0 aromatic rings. The van der Waals surface area contributed by atoms with Crippen molar-refractivity contribution in [3.05, 3.63) is 0 Å². The maximum atomic E-state index is 5.52. The van der Waals surface area contributed by atoms with E-state index < -0.39 is 0 Å². The molecule has 1 unspecified atom stereocenters. The predicted octanol–water partition coefficient (Wildman–Crippen LogP) is 2.00. The molecular weight excluding hydrogens is 242 g/mol. The highest BCUT2D eigenvalue weighted by Crippen LogP contribution is 2.20. The first-order valence-corrected chi connectivity index (χ1v) is 7.91. The van der Waals surface area contributed by atoms with E-state index in [0.29, 0.717) is 4.99 Å². The Morgan fingerprint density at radius 1 is 1.11 bits per heavy atom. The number of piperidine rings is 1. The second-order valence-electron chi connectivity index (χ2n) is 5.76. The van der Waals surface area contributed by atoms with Gasteiger partial charge in [0.05, 0.1) is 4.99 Å². The van der Waals surface area contributed by atoms with E-state index in [0.717, 1.165) is 18.9 Å². The van der Waals surface area contributed by atoms with Crippen LogP contribution in [0.4, 0.5) is 0 Å². The van der Waals surface area contributed by atoms with Gasteiger partial charge >= 0.3 is 0 Å². The first-order chi connectivity index (χ1) is 8.75. The maximum Gasteiger partial charge on any atom is 0.0727 e. The molecule has 4 heteroatoms. The minimum Gasteiger partial charge on any atom is -0.393 e. The van der Waals surface area contributed by atoms with E-state index in [9.17, 15) is 0 Å². The summed E-state index contributed by atoms with van der Waals surface area (Å²) in [6.45, 7) is 6.47. The van der Waals surface area contributed by atoms with Crippen LogP contribution in [-0.2, 0) is 0 Å². The molecule has 2 aliphatic rings. The lowest BCUT2D eigenvalue weighted by Crippen LogP contribution is -2.40. The largest absolute Gasteiger partial charge is 0.393 e. The topological polar surface area (TPSA) is 32.5 Å². The zero-order valence-corrected chi connectivity index (χ0v) is 12.3. The summed E-state index contributed by atoms with van der Waals surface area (Å²) in [4.78, 5) is 6.01. The SMILES string of the molecule is NC(=S)CCCCN1CCC(N2CCCCC2)C1. The number of unbranched alkanes of at least 4 members (excludes halogenated alkanes) is 1. The standard InChI is InChI=1S/C14H27N3S/c15-14(18)6-2-5-8-16-11-7-13(12-16)17-9-3-1-4-10-17/h13H,1-12H2,(H2,15,18). The Balaban J connectivity index is 1.60. The summed E-state index contributed by atoms with van der Waals surface area (Å²) in [5, 5.41) is 0. The van der Waals surface area contributed by atoms with Gasteiger partial charge in [0.15, 0.2) is 0 Å². The average Bonchev–Trinajstić information content (AvgIpc) is 2.84. The highest BCUT2D eigenvalue weighted by Gasteiger charge is 2.27. The molecule has 2 heterocycles. The van der Waals surface area contributed by atoms with Crippen molar-refractivity contribution in [2.45, 2.75) is 51.0 Å². The molecule has 2 saturated heterocycles. The molecule has 0 amide bonds. The second kappa shape index (κ2) is 7.41. The van der Waals surface area contributed by atoms with Crippen molar-refractivity contribution in [1.82, 2.24) is 9.80 Å². The van der Waals surface area contributed by atoms with Gasteiger partial charge in [0, 0.05) is 12.6 Å². The molecule has 3 nitrogen and oxygen atoms in total. The molecule has 104 valence electrons. The van der Waals surface area contributed by atoms with Gasteiger partial charge in [-0.1, -0.05) is 18.6 Å². The quantitative estimate of drug-likeness (QED) is 0.590. The van der Waals surface area contributed by atoms with E-state index in [-0.39, 0.29) is 0 Å². The summed E-state index contributed by atoms with van der Waals surface area (Å²) in [7, 11) is 0. The van der Waals surface area contributed by atoms with Gasteiger partial charge in [-0.25, -0.2) is 0 Å². The number of likely N-dealkylation sites (tertiary alicyclic amines) is 2. The van der Waals surface area contributed by atoms with Crippen LogP contribution in [0, 0.1) is 0 Å². The van der Waals surface area contributed by atoms with Crippen LogP contribution in [0.1, 0.15) is 44.9 Å². The lowest BCUT2D eigenvalue weighted by molar-refractivity contribution is 0.162. The van der Waals surface area contributed by atoms with Crippen LogP contribution in [0.2, 0.25) is 0 Å². The third kappa shape index (κ3) is 4.48. The summed E-state index contributed by atoms with van der Waals surface area (Å²) >= 11 is 4.91. The molecule has 0 bridgehead atoms. The van der Waals surface area contributed by atoms with Crippen molar-refractivity contribution < 1.29 is 0 Å². The van der Waals surface area contributed by atoms with Crippen molar-refractivity contribution in [2.24, 2.45) is 5.73 Å². The Bertz CT molecular complexity index is 264. The van der Waals surface area contributed by atoms with Crippen LogP contribution in [-0.4, -0.2) is 53.6 Å². The van der Waals surface area contributed by atoms with E-state index in [1.807, 2.05) is 0 Å². The van der Waals surface area contributed by atoms with Crippen LogP contribution in [0.5, 0.6) is 0 Å². The third-order valence-electron chi connectivity index (χ3n) is 4.30. The van der Waals surface area contributed by atoms with Gasteiger partial charge < -0.3 is 10.6 Å². The Kier molecular flexibility index (Phi) is 5.86. The lowest BCUT2D eigenvalue weighted by atomic mass is 10.1. The highest BCUT2D eigenvalue weighted by molar-refractivity contribution is 7.80. The molecule has 18 heavy (non-hydrogen) atoms. The van der Waals surface area contributed by atoms with Gasteiger partial charge in [-0.2, -0.15) is 0 Å². The van der Waals surface area contributed by atoms with Crippen molar-refractivity contribution in [2.75, 3.05) is 32.7 Å². The number of nitrogens with zero attached hydrogens (tertiary/aromatic N) is 2. The predicted molar refractivity (Wildman–Crippen MR) is 80.9 cm³/mol. The smallest absolute Gasteiger partial charge is 0.0727 e. The molecule has 0 aromatic carbocycles. The average molecular weight is 269 g/mol. The van der Waals surface area contributed by atoms with Gasteiger partial charge in [0.2, 0.25) is 0 Å². The number of nitrogens with two attached hydrogens (primary N) is 1. The number of rotatable bonds is 6. The second-order valence-corrected chi connectivity index (χ2v) is 6.29. The normalized spacial score (nSPS) is 26.6. The van der Waals surface area contributed by atoms with Crippen molar-refractivity contribution in [3.63, 3.8) is 0 Å². The van der Waals surface area contributed by atoms with Crippen molar-refractivity contribution >= 4 is 17.2 Å². The zero-order valence-electron chi connectivity index (χ0n) is 11.4. The fourth-order valence-electron chi connectivity index (χ4n) is 3.23. The zero-order chi connectivity index (χ0) is 12.8. The Labute approximate surface area is 117 Å². The van der Waals surface area contributed by atoms with Gasteiger partial charge in [0.25, 0.3) is 0 Å². The molecule has 1 atom stereocenters. The van der Waals surface area contributed by atoms with E-state index in [1.54, 1.807) is 0 Å². The van der Waals surface area contributed by atoms with E-state index in [2.05, 4.69) is 9.80 Å². The number of hydrogen-bond acceptors (Lipinski definition) is 3. The molecule has 0 aliphatic carbocycles. The molecule has 0 radical (unpaired) electrons. The Morgan fingerprint density at radius 3 is 2.61 bits per heavy atom. The molecular formula is C14H27N3S. The third-order valence-corrected chi connectivity index (χ3v) is 4.51. The summed E-state index contributed by atoms with van der Waals surface area (Å²) < 4.78 is 0. The molecule has 2 fully saturated rings. The van der Waals surface area contributed by atoms with E-state index in [1.165, 1.54) is 64.8 Å². The number of thiocarbonyl (C=S) groups is 1. The van der Waals surface area contributed by atoms with Crippen LogP contribution in [0.3, 0.4) is 0 Å². The molecule has 2 rings (SSSR count). The van der Waals surface area contributed by atoms with Crippen LogP contribution in [0.25, 0.3) is 0 Å². The minimum atomic E-state index is 0.669. The van der Waals surface area contributed by atoms with Gasteiger partial charge in [0.1, 0.15) is 0 Å². The molecule has 2 aliphatic heterocycles. The highest BCUT2D eigenvalue weighted by atomic mass is 32.1. The van der Waals surface area contributed by atoms with Crippen molar-refractivity contribution in [1.29, 1.82) is 0 Å². The Morgan fingerprint density at radius 2 is 1.89 bits per heavy atom. The summed E-state index contributed by atoms with van der Waals surface area (Å²) in [5.41, 5.74) is 5.52. The van der Waals surface area contributed by atoms with E-state index >= 15 is 0 Å². The fourth-order valence-corrected chi connectivity index (χ4v) is 3.38. The van der Waals surface area contributed by atoms with E-state index in [4.69, 9.17) is 18.0 Å². The molecule has 0 saturated carbocycles. The fraction of sp³-hybridized carbons (Fsp3) is 0.929. The van der Waals surface area contributed by atoms with Gasteiger partial charge in [-0.15, -0.1) is 0 Å². The van der Waals surface area contributed by atoms with Gasteiger partial charge in [-0.05, 0) is 64.7 Å². The molecule has 0 aromatic heterocycles. The summed E-state index contributed by atoms with van der Waals surface area (Å²) in [5.74, 6) is 0. The monoisotopic (exact) mass is 269 g/mol. The minimum absolute atomic E-state index is 0.669. The van der Waals surface area contributed by atoms with Crippen LogP contribution < -0.4 is 5.73 Å². The molecule has 0 spiro atoms. The summed E-state index contributed by atoms with van der Waals surface area (Å²) in [6, 6.07) is 0.834. The maximum absolute atomic E-state index is 5.52. The first-order valence-electron chi connectivity index (χ1n) is 7.50. The van der Waals surface area contributed by atoms with Crippen molar-refractivity contribution in [3.8, 4) is 0 Å². The number of hydrogen-bond donors (Lipinski definition) is 1.